The summed E-state index contributed by atoms with van der Waals surface area (Å²) in [4.78, 5) is 0. The number of hydrogen-bond acceptors (Lipinski definition) is 2. The summed E-state index contributed by atoms with van der Waals surface area (Å²) in [7, 11) is 0. The molecule has 114 valence electrons. The van der Waals surface area contributed by atoms with Gasteiger partial charge in [-0.15, -0.1) is 12.4 Å². The second-order valence-corrected chi connectivity index (χ2v) is 5.36. The van der Waals surface area contributed by atoms with Crippen LogP contribution in [0.25, 0.3) is 0 Å². The van der Waals surface area contributed by atoms with Crippen LogP contribution >= 0.6 is 28.3 Å². The Hall–Kier alpha value is -1.10. The molecule has 1 N–H and O–H groups in total. The Labute approximate surface area is 139 Å². The predicted molar refractivity (Wildman–Crippen MR) is 89.5 cm³/mol. The maximum atomic E-state index is 12.8. The Morgan fingerprint density at radius 2 is 1.86 bits per heavy atom. The van der Waals surface area contributed by atoms with Gasteiger partial charge in [-0.05, 0) is 42.4 Å². The number of halogens is 3. The lowest BCUT2D eigenvalue weighted by molar-refractivity contribution is 0.302. The summed E-state index contributed by atoms with van der Waals surface area (Å²) in [5, 5.41) is 3.29. The molecule has 0 radical (unpaired) electrons. The Balaban J connectivity index is 0.00000220. The Kier molecular flexibility index (Phi) is 7.72. The van der Waals surface area contributed by atoms with Crippen LogP contribution in [0.3, 0.4) is 0 Å². The number of hydrogen-bond donors (Lipinski definition) is 1. The van der Waals surface area contributed by atoms with Gasteiger partial charge in [-0.1, -0.05) is 35.0 Å². The van der Waals surface area contributed by atoms with Crippen molar-refractivity contribution < 1.29 is 9.13 Å². The number of rotatable bonds is 6. The molecule has 2 rings (SSSR count). The lowest BCUT2D eigenvalue weighted by Gasteiger charge is -2.12. The van der Waals surface area contributed by atoms with Gasteiger partial charge in [0.05, 0.1) is 0 Å². The van der Waals surface area contributed by atoms with Crippen LogP contribution in [0, 0.1) is 5.82 Å². The van der Waals surface area contributed by atoms with Crippen molar-refractivity contribution in [1.82, 2.24) is 5.32 Å². The summed E-state index contributed by atoms with van der Waals surface area (Å²) < 4.78 is 19.7. The lowest BCUT2D eigenvalue weighted by atomic mass is 10.2. The first kappa shape index (κ1) is 18.0. The molecule has 0 atom stereocenters. The van der Waals surface area contributed by atoms with Gasteiger partial charge in [0.15, 0.2) is 0 Å². The first-order valence-electron chi connectivity index (χ1n) is 6.55. The van der Waals surface area contributed by atoms with Gasteiger partial charge >= 0.3 is 0 Å². The molecule has 5 heteroatoms. The number of benzene rings is 2. The third kappa shape index (κ3) is 5.65. The van der Waals surface area contributed by atoms with Gasteiger partial charge in [-0.25, -0.2) is 4.39 Å². The van der Waals surface area contributed by atoms with Crippen LogP contribution < -0.4 is 10.1 Å². The minimum Gasteiger partial charge on any atom is -0.489 e. The molecule has 0 saturated carbocycles. The minimum atomic E-state index is -0.231. The lowest BCUT2D eigenvalue weighted by Crippen LogP contribution is -2.13. The molecule has 0 heterocycles. The third-order valence-corrected chi connectivity index (χ3v) is 3.39. The average Bonchev–Trinajstić information content (AvgIpc) is 2.46. The van der Waals surface area contributed by atoms with E-state index >= 15 is 0 Å². The molecular formula is C16H18BrClFNO. The summed E-state index contributed by atoms with van der Waals surface area (Å²) >= 11 is 3.47. The van der Waals surface area contributed by atoms with Crippen LogP contribution in [-0.4, -0.2) is 6.54 Å². The number of ether oxygens (including phenoxy) is 1. The average molecular weight is 375 g/mol. The van der Waals surface area contributed by atoms with Crippen LogP contribution in [0.4, 0.5) is 4.39 Å². The molecule has 0 fully saturated rings. The van der Waals surface area contributed by atoms with Crippen molar-refractivity contribution >= 4 is 28.3 Å². The monoisotopic (exact) mass is 373 g/mol. The first-order chi connectivity index (χ1) is 9.69. The zero-order chi connectivity index (χ0) is 14.4. The van der Waals surface area contributed by atoms with Crippen LogP contribution in [0.2, 0.25) is 0 Å². The molecule has 0 aliphatic carbocycles. The first-order valence-corrected chi connectivity index (χ1v) is 7.34. The molecule has 0 aliphatic heterocycles. The topological polar surface area (TPSA) is 21.3 Å². The van der Waals surface area contributed by atoms with E-state index in [4.69, 9.17) is 4.74 Å². The van der Waals surface area contributed by atoms with Crippen molar-refractivity contribution in [3.8, 4) is 5.75 Å². The van der Waals surface area contributed by atoms with Gasteiger partial charge in [-0.2, -0.15) is 0 Å². The second-order valence-electron chi connectivity index (χ2n) is 4.45. The van der Waals surface area contributed by atoms with Crippen molar-refractivity contribution in [2.75, 3.05) is 6.54 Å². The predicted octanol–water partition coefficient (Wildman–Crippen LogP) is 4.70. The summed E-state index contributed by atoms with van der Waals surface area (Å²) in [6.45, 7) is 4.16. The molecule has 0 saturated heterocycles. The van der Waals surface area contributed by atoms with Gasteiger partial charge in [0, 0.05) is 16.6 Å². The molecule has 21 heavy (non-hydrogen) atoms. The summed E-state index contributed by atoms with van der Waals surface area (Å²) in [5.74, 6) is 0.615. The maximum absolute atomic E-state index is 12.8. The van der Waals surface area contributed by atoms with E-state index in [1.165, 1.54) is 12.1 Å². The summed E-state index contributed by atoms with van der Waals surface area (Å²) in [6, 6.07) is 12.3. The van der Waals surface area contributed by atoms with Gasteiger partial charge in [-0.3, -0.25) is 0 Å². The molecule has 0 aromatic heterocycles. The van der Waals surface area contributed by atoms with Crippen LogP contribution in [0.1, 0.15) is 18.1 Å². The van der Waals surface area contributed by atoms with E-state index in [-0.39, 0.29) is 18.2 Å². The molecule has 0 aliphatic rings. The Morgan fingerprint density at radius 1 is 1.14 bits per heavy atom. The van der Waals surface area contributed by atoms with Gasteiger partial charge in [0.2, 0.25) is 0 Å². The van der Waals surface area contributed by atoms with Crippen LogP contribution in [-0.2, 0) is 13.2 Å². The van der Waals surface area contributed by atoms with E-state index in [0.29, 0.717) is 6.61 Å². The van der Waals surface area contributed by atoms with E-state index in [1.54, 1.807) is 12.1 Å². The standard InChI is InChI=1S/C16H17BrFNO.ClH/c1-2-19-10-13-9-14(17)5-8-16(13)20-11-12-3-6-15(18)7-4-12;/h3-9,19H,2,10-11H2,1H3;1H. The van der Waals surface area contributed by atoms with E-state index in [1.807, 2.05) is 18.2 Å². The Bertz CT molecular complexity index is 563. The second kappa shape index (κ2) is 9.03. The van der Waals surface area contributed by atoms with E-state index in [2.05, 4.69) is 28.2 Å². The highest BCUT2D eigenvalue weighted by Crippen LogP contribution is 2.24. The number of nitrogens with one attached hydrogen (secondary N) is 1. The molecule has 2 aromatic carbocycles. The van der Waals surface area contributed by atoms with Crippen molar-refractivity contribution in [1.29, 1.82) is 0 Å². The van der Waals surface area contributed by atoms with Crippen LogP contribution in [0.5, 0.6) is 5.75 Å². The van der Waals surface area contributed by atoms with Gasteiger partial charge in [0.25, 0.3) is 0 Å². The highest BCUT2D eigenvalue weighted by atomic mass is 79.9. The summed E-state index contributed by atoms with van der Waals surface area (Å²) in [6.07, 6.45) is 0. The fourth-order valence-electron chi connectivity index (χ4n) is 1.83. The fraction of sp³-hybridized carbons (Fsp3) is 0.250. The van der Waals surface area contributed by atoms with Gasteiger partial charge in [0.1, 0.15) is 18.2 Å². The van der Waals surface area contributed by atoms with E-state index in [9.17, 15) is 4.39 Å². The minimum absolute atomic E-state index is 0. The SMILES string of the molecule is CCNCc1cc(Br)ccc1OCc1ccc(F)cc1.Cl. The molecule has 0 amide bonds. The smallest absolute Gasteiger partial charge is 0.124 e. The van der Waals surface area contributed by atoms with E-state index in [0.717, 1.165) is 34.4 Å². The highest BCUT2D eigenvalue weighted by molar-refractivity contribution is 9.10. The normalized spacial score (nSPS) is 10.0. The molecule has 2 aromatic rings. The van der Waals surface area contributed by atoms with Crippen molar-refractivity contribution in [2.45, 2.75) is 20.1 Å². The van der Waals surface area contributed by atoms with Crippen molar-refractivity contribution in [3.63, 3.8) is 0 Å². The third-order valence-electron chi connectivity index (χ3n) is 2.90. The molecule has 0 spiro atoms. The molecular weight excluding hydrogens is 357 g/mol. The zero-order valence-electron chi connectivity index (χ0n) is 11.7. The largest absolute Gasteiger partial charge is 0.489 e. The van der Waals surface area contributed by atoms with Crippen molar-refractivity contribution in [2.24, 2.45) is 0 Å². The fourth-order valence-corrected chi connectivity index (χ4v) is 2.24. The summed E-state index contributed by atoms with van der Waals surface area (Å²) in [5.41, 5.74) is 2.05. The molecule has 0 bridgehead atoms. The van der Waals surface area contributed by atoms with E-state index < -0.39 is 0 Å². The Morgan fingerprint density at radius 3 is 2.52 bits per heavy atom. The van der Waals surface area contributed by atoms with Crippen molar-refractivity contribution in [3.05, 3.63) is 63.9 Å². The zero-order valence-corrected chi connectivity index (χ0v) is 14.1. The maximum Gasteiger partial charge on any atom is 0.124 e. The quantitative estimate of drug-likeness (QED) is 0.791. The van der Waals surface area contributed by atoms with Crippen LogP contribution in [0.15, 0.2) is 46.9 Å². The highest BCUT2D eigenvalue weighted by Gasteiger charge is 2.05. The molecule has 0 unspecified atom stereocenters. The molecule has 2 nitrogen and oxygen atoms in total. The van der Waals surface area contributed by atoms with Gasteiger partial charge < -0.3 is 10.1 Å².